The summed E-state index contributed by atoms with van der Waals surface area (Å²) >= 11 is 0. The van der Waals surface area contributed by atoms with Gasteiger partial charge < -0.3 is 19.5 Å². The molecular weight excluding hydrogens is 377 g/mol. The summed E-state index contributed by atoms with van der Waals surface area (Å²) in [6, 6.07) is 0.912. The van der Waals surface area contributed by atoms with E-state index in [0.717, 1.165) is 18.9 Å². The van der Waals surface area contributed by atoms with E-state index in [2.05, 4.69) is 20.3 Å². The van der Waals surface area contributed by atoms with Gasteiger partial charge in [-0.15, -0.1) is 0 Å². The lowest BCUT2D eigenvalue weighted by atomic mass is 9.69. The van der Waals surface area contributed by atoms with Crippen molar-refractivity contribution in [1.82, 2.24) is 19.9 Å². The molecule has 2 unspecified atom stereocenters. The van der Waals surface area contributed by atoms with Gasteiger partial charge in [-0.2, -0.15) is 18.2 Å². The fourth-order valence-corrected chi connectivity index (χ4v) is 3.77. The third-order valence-electron chi connectivity index (χ3n) is 5.39. The predicted molar refractivity (Wildman–Crippen MR) is 92.8 cm³/mol. The van der Waals surface area contributed by atoms with Crippen molar-refractivity contribution >= 4 is 17.7 Å². The fraction of sp³-hybridized carbons (Fsp3) is 0.529. The number of rotatable bonds is 4. The zero-order chi connectivity index (χ0) is 20.1. The molecule has 8 nitrogen and oxygen atoms in total. The monoisotopic (exact) mass is 396 g/mol. The van der Waals surface area contributed by atoms with Crippen molar-refractivity contribution < 1.29 is 22.4 Å². The molecule has 2 fully saturated rings. The Morgan fingerprint density at radius 3 is 2.75 bits per heavy atom. The molecule has 4 rings (SSSR count). The van der Waals surface area contributed by atoms with Crippen LogP contribution in [0.5, 0.6) is 0 Å². The van der Waals surface area contributed by atoms with E-state index in [1.54, 1.807) is 19.0 Å². The molecule has 1 aliphatic carbocycles. The van der Waals surface area contributed by atoms with E-state index < -0.39 is 17.4 Å². The molecule has 0 aromatic carbocycles. The SMILES string of the molecule is CN(C)c1cc(C(F)(F)F)nc(NC23CCC2CN(C(=O)c2cnco2)C3)n1. The molecule has 11 heteroatoms. The second-order valence-corrected chi connectivity index (χ2v) is 7.40. The number of anilines is 2. The van der Waals surface area contributed by atoms with Crippen LogP contribution in [0.25, 0.3) is 0 Å². The standard InChI is InChI=1S/C17H19F3N6O2/c1-25(2)13-5-12(17(18,19)20)22-15(23-13)24-16-4-3-10(16)7-26(8-16)14(27)11-6-21-9-28-11/h5-6,9-10H,3-4,7-8H2,1-2H3,(H,22,23,24). The molecule has 1 amide bonds. The molecule has 2 aliphatic rings. The maximum atomic E-state index is 13.2. The van der Waals surface area contributed by atoms with Crippen molar-refractivity contribution in [2.24, 2.45) is 5.92 Å². The molecule has 2 aromatic rings. The van der Waals surface area contributed by atoms with Gasteiger partial charge in [0.05, 0.1) is 11.7 Å². The Kier molecular flexibility index (Phi) is 4.20. The van der Waals surface area contributed by atoms with Crippen molar-refractivity contribution in [3.63, 3.8) is 0 Å². The number of alkyl halides is 3. The first-order chi connectivity index (χ1) is 13.2. The maximum absolute atomic E-state index is 13.2. The van der Waals surface area contributed by atoms with Crippen LogP contribution in [0, 0.1) is 5.92 Å². The van der Waals surface area contributed by atoms with E-state index in [9.17, 15) is 18.0 Å². The lowest BCUT2D eigenvalue weighted by Crippen LogP contribution is -2.53. The quantitative estimate of drug-likeness (QED) is 0.848. The van der Waals surface area contributed by atoms with E-state index in [1.807, 2.05) is 0 Å². The molecular formula is C17H19F3N6O2. The van der Waals surface area contributed by atoms with Crippen LogP contribution in [0.2, 0.25) is 0 Å². The molecule has 1 saturated heterocycles. The van der Waals surface area contributed by atoms with Gasteiger partial charge >= 0.3 is 6.18 Å². The maximum Gasteiger partial charge on any atom is 0.433 e. The molecule has 0 radical (unpaired) electrons. The lowest BCUT2D eigenvalue weighted by molar-refractivity contribution is -0.141. The van der Waals surface area contributed by atoms with Gasteiger partial charge in [-0.25, -0.2) is 9.97 Å². The third-order valence-corrected chi connectivity index (χ3v) is 5.39. The first-order valence-corrected chi connectivity index (χ1v) is 8.77. The molecule has 28 heavy (non-hydrogen) atoms. The van der Waals surface area contributed by atoms with Gasteiger partial charge in [-0.1, -0.05) is 0 Å². The Bertz CT molecular complexity index is 886. The molecule has 0 bridgehead atoms. The highest BCUT2D eigenvalue weighted by molar-refractivity contribution is 5.91. The Hall–Kier alpha value is -2.85. The van der Waals surface area contributed by atoms with Crippen LogP contribution in [-0.4, -0.2) is 58.5 Å². The van der Waals surface area contributed by atoms with E-state index >= 15 is 0 Å². The molecule has 1 N–H and O–H groups in total. The van der Waals surface area contributed by atoms with Crippen molar-refractivity contribution in [1.29, 1.82) is 0 Å². The summed E-state index contributed by atoms with van der Waals surface area (Å²) in [7, 11) is 3.23. The molecule has 1 saturated carbocycles. The van der Waals surface area contributed by atoms with Crippen LogP contribution in [0.1, 0.15) is 29.1 Å². The summed E-state index contributed by atoms with van der Waals surface area (Å²) in [5.41, 5.74) is -1.54. The largest absolute Gasteiger partial charge is 0.438 e. The minimum absolute atomic E-state index is 0.0859. The average molecular weight is 396 g/mol. The molecule has 2 atom stereocenters. The lowest BCUT2D eigenvalue weighted by Gasteiger charge is -2.44. The number of nitrogens with one attached hydrogen (secondary N) is 1. The summed E-state index contributed by atoms with van der Waals surface area (Å²) < 4.78 is 44.8. The number of carbonyl (C=O) groups excluding carboxylic acids is 1. The van der Waals surface area contributed by atoms with Crippen LogP contribution < -0.4 is 10.2 Å². The number of fused-ring (bicyclic) bond motifs is 1. The van der Waals surface area contributed by atoms with Gasteiger partial charge in [0.15, 0.2) is 12.1 Å². The van der Waals surface area contributed by atoms with Gasteiger partial charge in [-0.05, 0) is 12.8 Å². The Labute approximate surface area is 158 Å². The minimum Gasteiger partial charge on any atom is -0.438 e. The van der Waals surface area contributed by atoms with Crippen LogP contribution in [0.3, 0.4) is 0 Å². The normalized spacial score (nSPS) is 23.9. The number of oxazole rings is 1. The highest BCUT2D eigenvalue weighted by Gasteiger charge is 2.55. The summed E-state index contributed by atoms with van der Waals surface area (Å²) in [6.07, 6.45) is -0.459. The summed E-state index contributed by atoms with van der Waals surface area (Å²) in [6.45, 7) is 0.833. The summed E-state index contributed by atoms with van der Waals surface area (Å²) in [4.78, 5) is 27.3. The van der Waals surface area contributed by atoms with E-state index in [0.29, 0.717) is 13.1 Å². The number of amides is 1. The smallest absolute Gasteiger partial charge is 0.433 e. The zero-order valence-electron chi connectivity index (χ0n) is 15.3. The van der Waals surface area contributed by atoms with Crippen molar-refractivity contribution in [2.75, 3.05) is 37.4 Å². The van der Waals surface area contributed by atoms with Crippen molar-refractivity contribution in [3.05, 3.63) is 30.1 Å². The van der Waals surface area contributed by atoms with Gasteiger partial charge in [0.1, 0.15) is 5.82 Å². The second kappa shape index (κ2) is 6.35. The highest BCUT2D eigenvalue weighted by Crippen LogP contribution is 2.47. The van der Waals surface area contributed by atoms with Gasteiger partial charge in [0.25, 0.3) is 5.91 Å². The van der Waals surface area contributed by atoms with Crippen LogP contribution in [-0.2, 0) is 6.18 Å². The predicted octanol–water partition coefficient (Wildman–Crippen LogP) is 2.27. The first-order valence-electron chi connectivity index (χ1n) is 8.77. The topological polar surface area (TPSA) is 87.4 Å². The molecule has 150 valence electrons. The Morgan fingerprint density at radius 2 is 2.18 bits per heavy atom. The van der Waals surface area contributed by atoms with Gasteiger partial charge in [0, 0.05) is 39.2 Å². The van der Waals surface area contributed by atoms with Crippen molar-refractivity contribution in [3.8, 4) is 0 Å². The van der Waals surface area contributed by atoms with Crippen LogP contribution in [0.4, 0.5) is 24.9 Å². The van der Waals surface area contributed by atoms with Gasteiger partial charge in [-0.3, -0.25) is 4.79 Å². The number of nitrogens with zero attached hydrogens (tertiary/aromatic N) is 5. The van der Waals surface area contributed by atoms with Crippen molar-refractivity contribution in [2.45, 2.75) is 24.6 Å². The Morgan fingerprint density at radius 1 is 1.39 bits per heavy atom. The number of carbonyl (C=O) groups is 1. The van der Waals surface area contributed by atoms with Gasteiger partial charge in [0.2, 0.25) is 11.7 Å². The molecule has 3 heterocycles. The van der Waals surface area contributed by atoms with Crippen LogP contribution in [0.15, 0.2) is 23.1 Å². The molecule has 1 aliphatic heterocycles. The number of hydrogen-bond acceptors (Lipinski definition) is 7. The molecule has 0 spiro atoms. The molecule has 2 aromatic heterocycles. The fourth-order valence-electron chi connectivity index (χ4n) is 3.77. The summed E-state index contributed by atoms with van der Waals surface area (Å²) in [5.74, 6) is 0.0378. The number of halogens is 3. The van der Waals surface area contributed by atoms with E-state index in [-0.39, 0.29) is 29.4 Å². The highest BCUT2D eigenvalue weighted by atomic mass is 19.4. The number of aromatic nitrogens is 3. The average Bonchev–Trinajstić information content (AvgIpc) is 3.23. The first kappa shape index (κ1) is 18.5. The third kappa shape index (κ3) is 3.14. The zero-order valence-corrected chi connectivity index (χ0v) is 15.3. The number of hydrogen-bond donors (Lipinski definition) is 1. The summed E-state index contributed by atoms with van der Waals surface area (Å²) in [5, 5.41) is 3.10. The Balaban J connectivity index is 1.59. The van der Waals surface area contributed by atoms with Crippen LogP contribution >= 0.6 is 0 Å². The van der Waals surface area contributed by atoms with E-state index in [1.165, 1.54) is 17.5 Å². The van der Waals surface area contributed by atoms with E-state index in [4.69, 9.17) is 4.42 Å². The second-order valence-electron chi connectivity index (χ2n) is 7.40. The number of likely N-dealkylation sites (tertiary alicyclic amines) is 1. The minimum atomic E-state index is -4.58.